The van der Waals surface area contributed by atoms with Crippen LogP contribution in [0.1, 0.15) is 22.8 Å². The van der Waals surface area contributed by atoms with Crippen LogP contribution in [0.25, 0.3) is 0 Å². The van der Waals surface area contributed by atoms with Gasteiger partial charge in [0.05, 0.1) is 24.1 Å². The Kier molecular flexibility index (Phi) is 6.84. The molecule has 1 aromatic carbocycles. The van der Waals surface area contributed by atoms with Gasteiger partial charge in [-0.25, -0.2) is 4.79 Å². The number of benzene rings is 1. The third-order valence-electron chi connectivity index (χ3n) is 4.70. The predicted molar refractivity (Wildman–Crippen MR) is 108 cm³/mol. The van der Waals surface area contributed by atoms with Gasteiger partial charge in [-0.15, -0.1) is 0 Å². The molecule has 148 valence electrons. The van der Waals surface area contributed by atoms with Crippen molar-refractivity contribution >= 4 is 17.7 Å². The Morgan fingerprint density at radius 2 is 1.86 bits per heavy atom. The molecule has 2 heterocycles. The summed E-state index contributed by atoms with van der Waals surface area (Å²) >= 11 is 0. The standard InChI is InChI=1S/C21H26N4O3/c1-2-28-21(27)25-12-10-24(11-13-25)19-14-18(15-22-16-19)20(26)23-9-8-17-6-4-3-5-7-17/h3-7,14-16H,2,8-13H2,1H3,(H,23,26). The summed E-state index contributed by atoms with van der Waals surface area (Å²) in [5.41, 5.74) is 2.62. The lowest BCUT2D eigenvalue weighted by Crippen LogP contribution is -2.49. The zero-order chi connectivity index (χ0) is 19.8. The summed E-state index contributed by atoms with van der Waals surface area (Å²) in [6, 6.07) is 11.9. The Balaban J connectivity index is 1.52. The Morgan fingerprint density at radius 1 is 1.11 bits per heavy atom. The molecule has 0 radical (unpaired) electrons. The summed E-state index contributed by atoms with van der Waals surface area (Å²) in [4.78, 5) is 32.3. The number of hydrogen-bond donors (Lipinski definition) is 1. The number of nitrogens with zero attached hydrogens (tertiary/aromatic N) is 3. The van der Waals surface area contributed by atoms with Crippen LogP contribution in [0.2, 0.25) is 0 Å². The molecule has 0 atom stereocenters. The van der Waals surface area contributed by atoms with Crippen molar-refractivity contribution < 1.29 is 14.3 Å². The van der Waals surface area contributed by atoms with Gasteiger partial charge < -0.3 is 19.9 Å². The smallest absolute Gasteiger partial charge is 0.409 e. The molecule has 7 heteroatoms. The van der Waals surface area contributed by atoms with E-state index in [1.165, 1.54) is 5.56 Å². The fourth-order valence-electron chi connectivity index (χ4n) is 3.15. The maximum Gasteiger partial charge on any atom is 0.409 e. The summed E-state index contributed by atoms with van der Waals surface area (Å²) in [6.45, 7) is 5.30. The second-order valence-electron chi connectivity index (χ2n) is 6.60. The van der Waals surface area contributed by atoms with Gasteiger partial charge in [0.15, 0.2) is 0 Å². The molecule has 7 nitrogen and oxygen atoms in total. The Morgan fingerprint density at radius 3 is 2.57 bits per heavy atom. The Labute approximate surface area is 165 Å². The molecule has 0 spiro atoms. The largest absolute Gasteiger partial charge is 0.450 e. The zero-order valence-corrected chi connectivity index (χ0v) is 16.1. The number of nitrogens with one attached hydrogen (secondary N) is 1. The molecule has 0 bridgehead atoms. The molecule has 1 fully saturated rings. The summed E-state index contributed by atoms with van der Waals surface area (Å²) in [6.07, 6.45) is 3.85. The fourth-order valence-corrected chi connectivity index (χ4v) is 3.15. The number of hydrogen-bond acceptors (Lipinski definition) is 5. The molecule has 0 saturated carbocycles. The van der Waals surface area contributed by atoms with E-state index in [1.807, 2.05) is 36.4 Å². The highest BCUT2D eigenvalue weighted by atomic mass is 16.6. The lowest BCUT2D eigenvalue weighted by Gasteiger charge is -2.35. The van der Waals surface area contributed by atoms with E-state index in [4.69, 9.17) is 4.74 Å². The van der Waals surface area contributed by atoms with Crippen molar-refractivity contribution in [2.24, 2.45) is 0 Å². The highest BCUT2D eigenvalue weighted by Gasteiger charge is 2.22. The van der Waals surface area contributed by atoms with Gasteiger partial charge in [0, 0.05) is 38.9 Å². The first-order valence-electron chi connectivity index (χ1n) is 9.61. The van der Waals surface area contributed by atoms with Gasteiger partial charge >= 0.3 is 6.09 Å². The minimum Gasteiger partial charge on any atom is -0.450 e. The number of piperazine rings is 1. The highest BCUT2D eigenvalue weighted by Crippen LogP contribution is 2.17. The van der Waals surface area contributed by atoms with Gasteiger partial charge in [-0.05, 0) is 25.0 Å². The van der Waals surface area contributed by atoms with Crippen LogP contribution in [0.4, 0.5) is 10.5 Å². The fraction of sp³-hybridized carbons (Fsp3) is 0.381. The molecule has 2 amide bonds. The number of anilines is 1. The van der Waals surface area contributed by atoms with Crippen LogP contribution in [0.5, 0.6) is 0 Å². The minimum absolute atomic E-state index is 0.129. The summed E-state index contributed by atoms with van der Waals surface area (Å²) in [5.74, 6) is -0.129. The van der Waals surface area contributed by atoms with E-state index in [1.54, 1.807) is 24.2 Å². The molecule has 28 heavy (non-hydrogen) atoms. The van der Waals surface area contributed by atoms with Gasteiger partial charge in [0.1, 0.15) is 0 Å². The first-order valence-corrected chi connectivity index (χ1v) is 9.61. The maximum atomic E-state index is 12.4. The highest BCUT2D eigenvalue weighted by molar-refractivity contribution is 5.94. The predicted octanol–water partition coefficient (Wildman–Crippen LogP) is 2.33. The van der Waals surface area contributed by atoms with Crippen LogP contribution in [0, 0.1) is 0 Å². The molecule has 1 aliphatic heterocycles. The average molecular weight is 382 g/mol. The van der Waals surface area contributed by atoms with Crippen molar-refractivity contribution in [1.82, 2.24) is 15.2 Å². The number of aromatic nitrogens is 1. The van der Waals surface area contributed by atoms with E-state index in [0.29, 0.717) is 44.9 Å². The van der Waals surface area contributed by atoms with Gasteiger partial charge in [-0.3, -0.25) is 9.78 Å². The van der Waals surface area contributed by atoms with E-state index in [2.05, 4.69) is 15.2 Å². The topological polar surface area (TPSA) is 74.8 Å². The van der Waals surface area contributed by atoms with Gasteiger partial charge in [-0.2, -0.15) is 0 Å². The van der Waals surface area contributed by atoms with E-state index in [9.17, 15) is 9.59 Å². The average Bonchev–Trinajstić information content (AvgIpc) is 2.75. The molecular weight excluding hydrogens is 356 g/mol. The maximum absolute atomic E-state index is 12.4. The molecule has 3 rings (SSSR count). The number of carbonyl (C=O) groups is 2. The molecule has 0 unspecified atom stereocenters. The van der Waals surface area contributed by atoms with Crippen LogP contribution in [-0.4, -0.2) is 61.2 Å². The first-order chi connectivity index (χ1) is 13.7. The van der Waals surface area contributed by atoms with Gasteiger partial charge in [-0.1, -0.05) is 30.3 Å². The van der Waals surface area contributed by atoms with Crippen molar-refractivity contribution in [2.45, 2.75) is 13.3 Å². The quantitative estimate of drug-likeness (QED) is 0.830. The molecule has 1 saturated heterocycles. The van der Waals surface area contributed by atoms with Gasteiger partial charge in [0.2, 0.25) is 0 Å². The lowest BCUT2D eigenvalue weighted by molar-refractivity contribution is 0.0953. The monoisotopic (exact) mass is 382 g/mol. The number of amides is 2. The molecule has 1 aromatic heterocycles. The van der Waals surface area contributed by atoms with E-state index in [0.717, 1.165) is 12.1 Å². The second kappa shape index (κ2) is 9.73. The summed E-state index contributed by atoms with van der Waals surface area (Å²) < 4.78 is 5.05. The number of carbonyl (C=O) groups excluding carboxylic acids is 2. The van der Waals surface area contributed by atoms with E-state index >= 15 is 0 Å². The zero-order valence-electron chi connectivity index (χ0n) is 16.1. The van der Waals surface area contributed by atoms with Crippen molar-refractivity contribution in [3.8, 4) is 0 Å². The van der Waals surface area contributed by atoms with E-state index in [-0.39, 0.29) is 12.0 Å². The second-order valence-corrected chi connectivity index (χ2v) is 6.60. The molecule has 2 aromatic rings. The molecular formula is C21H26N4O3. The third kappa shape index (κ3) is 5.22. The van der Waals surface area contributed by atoms with Crippen LogP contribution < -0.4 is 10.2 Å². The van der Waals surface area contributed by atoms with Crippen LogP contribution in [0.15, 0.2) is 48.8 Å². The number of ether oxygens (including phenoxy) is 1. The Hall–Kier alpha value is -3.09. The minimum atomic E-state index is -0.271. The molecule has 1 N–H and O–H groups in total. The summed E-state index contributed by atoms with van der Waals surface area (Å²) in [7, 11) is 0. The summed E-state index contributed by atoms with van der Waals surface area (Å²) in [5, 5.41) is 2.95. The van der Waals surface area contributed by atoms with Crippen molar-refractivity contribution in [3.63, 3.8) is 0 Å². The third-order valence-corrected chi connectivity index (χ3v) is 4.70. The van der Waals surface area contributed by atoms with Gasteiger partial charge in [0.25, 0.3) is 5.91 Å². The van der Waals surface area contributed by atoms with Crippen molar-refractivity contribution in [2.75, 3.05) is 44.2 Å². The van der Waals surface area contributed by atoms with Crippen molar-refractivity contribution in [1.29, 1.82) is 0 Å². The molecule has 1 aliphatic rings. The first kappa shape index (κ1) is 19.7. The lowest BCUT2D eigenvalue weighted by atomic mass is 10.1. The number of rotatable bonds is 6. The van der Waals surface area contributed by atoms with Crippen LogP contribution >= 0.6 is 0 Å². The number of pyridine rings is 1. The Bertz CT molecular complexity index is 789. The van der Waals surface area contributed by atoms with Crippen LogP contribution in [-0.2, 0) is 11.2 Å². The van der Waals surface area contributed by atoms with Crippen molar-refractivity contribution in [3.05, 3.63) is 59.9 Å². The SMILES string of the molecule is CCOC(=O)N1CCN(c2cncc(C(=O)NCCc3ccccc3)c2)CC1. The normalized spacial score (nSPS) is 13.9. The van der Waals surface area contributed by atoms with E-state index < -0.39 is 0 Å². The molecule has 0 aliphatic carbocycles. The van der Waals surface area contributed by atoms with Crippen LogP contribution in [0.3, 0.4) is 0 Å².